The molecule has 0 aliphatic heterocycles. The predicted molar refractivity (Wildman–Crippen MR) is 73.5 cm³/mol. The molecule has 5 nitrogen and oxygen atoms in total. The molecule has 2 aromatic rings. The van der Waals surface area contributed by atoms with E-state index < -0.39 is 0 Å². The molecule has 0 saturated carbocycles. The van der Waals surface area contributed by atoms with Crippen molar-refractivity contribution in [3.63, 3.8) is 0 Å². The van der Waals surface area contributed by atoms with Crippen molar-refractivity contribution < 1.29 is 14.6 Å². The van der Waals surface area contributed by atoms with E-state index in [0.29, 0.717) is 22.7 Å². The Balaban J connectivity index is 2.14. The average molecular weight is 258 g/mol. The first-order valence-corrected chi connectivity index (χ1v) is 5.64. The Kier molecular flexibility index (Phi) is 3.56. The van der Waals surface area contributed by atoms with Gasteiger partial charge in [-0.05, 0) is 42.5 Å². The van der Waals surface area contributed by atoms with Gasteiger partial charge >= 0.3 is 0 Å². The third-order valence-electron chi connectivity index (χ3n) is 2.62. The fraction of sp³-hybridized carbons (Fsp3) is 0.0714. The zero-order chi connectivity index (χ0) is 13.8. The van der Waals surface area contributed by atoms with Crippen molar-refractivity contribution in [3.05, 3.63) is 48.0 Å². The molecule has 0 heterocycles. The summed E-state index contributed by atoms with van der Waals surface area (Å²) in [7, 11) is 1.53. The highest BCUT2D eigenvalue weighted by Crippen LogP contribution is 2.24. The number of carbonyl (C=O) groups is 1. The number of nitrogens with two attached hydrogens (primary N) is 1. The quantitative estimate of drug-likeness (QED) is 0.737. The van der Waals surface area contributed by atoms with Gasteiger partial charge in [0.2, 0.25) is 0 Å². The Bertz CT molecular complexity index is 594. The minimum absolute atomic E-state index is 0.116. The minimum Gasteiger partial charge on any atom is -0.508 e. The SMILES string of the molecule is COc1ccc(NC(=O)c2ccc(O)cc2)cc1N. The van der Waals surface area contributed by atoms with Crippen LogP contribution >= 0.6 is 0 Å². The molecule has 0 bridgehead atoms. The van der Waals surface area contributed by atoms with Crippen molar-refractivity contribution in [2.75, 3.05) is 18.2 Å². The number of anilines is 2. The van der Waals surface area contributed by atoms with Crippen LogP contribution in [-0.2, 0) is 0 Å². The van der Waals surface area contributed by atoms with Crippen molar-refractivity contribution >= 4 is 17.3 Å². The van der Waals surface area contributed by atoms with Gasteiger partial charge in [0, 0.05) is 11.3 Å². The number of carbonyl (C=O) groups excluding carboxylic acids is 1. The summed E-state index contributed by atoms with van der Waals surface area (Å²) in [5.74, 6) is 0.400. The van der Waals surface area contributed by atoms with E-state index >= 15 is 0 Å². The molecule has 0 atom stereocenters. The van der Waals surface area contributed by atoms with Gasteiger partial charge in [-0.15, -0.1) is 0 Å². The third kappa shape index (κ3) is 2.95. The Morgan fingerprint density at radius 2 is 1.89 bits per heavy atom. The molecule has 0 radical (unpaired) electrons. The second-order valence-corrected chi connectivity index (χ2v) is 3.96. The maximum atomic E-state index is 11.9. The predicted octanol–water partition coefficient (Wildman–Crippen LogP) is 2.24. The molecule has 0 fully saturated rings. The van der Waals surface area contributed by atoms with Crippen LogP contribution in [-0.4, -0.2) is 18.1 Å². The lowest BCUT2D eigenvalue weighted by Crippen LogP contribution is -2.11. The summed E-state index contributed by atoms with van der Waals surface area (Å²) >= 11 is 0. The van der Waals surface area contributed by atoms with Gasteiger partial charge in [0.1, 0.15) is 11.5 Å². The summed E-state index contributed by atoms with van der Waals surface area (Å²) in [6, 6.07) is 11.0. The van der Waals surface area contributed by atoms with Crippen LogP contribution in [0.5, 0.6) is 11.5 Å². The second kappa shape index (κ2) is 5.30. The van der Waals surface area contributed by atoms with Crippen LogP contribution in [0, 0.1) is 0 Å². The lowest BCUT2D eigenvalue weighted by Gasteiger charge is -2.08. The molecule has 0 aliphatic rings. The smallest absolute Gasteiger partial charge is 0.255 e. The Morgan fingerprint density at radius 3 is 2.47 bits per heavy atom. The maximum absolute atomic E-state index is 11.9. The minimum atomic E-state index is -0.274. The molecule has 5 heteroatoms. The Morgan fingerprint density at radius 1 is 1.21 bits per heavy atom. The van der Waals surface area contributed by atoms with Gasteiger partial charge in [-0.3, -0.25) is 4.79 Å². The highest BCUT2D eigenvalue weighted by molar-refractivity contribution is 6.04. The number of hydrogen-bond acceptors (Lipinski definition) is 4. The summed E-state index contributed by atoms with van der Waals surface area (Å²) in [5.41, 5.74) is 7.24. The largest absolute Gasteiger partial charge is 0.508 e. The summed E-state index contributed by atoms with van der Waals surface area (Å²) < 4.78 is 5.04. The molecule has 0 aromatic heterocycles. The zero-order valence-electron chi connectivity index (χ0n) is 10.4. The van der Waals surface area contributed by atoms with Crippen LogP contribution < -0.4 is 15.8 Å². The van der Waals surface area contributed by atoms with Gasteiger partial charge in [0.15, 0.2) is 0 Å². The number of nitrogens with one attached hydrogen (secondary N) is 1. The van der Waals surface area contributed by atoms with Gasteiger partial charge in [-0.25, -0.2) is 0 Å². The van der Waals surface area contributed by atoms with Gasteiger partial charge in [0.25, 0.3) is 5.91 Å². The molecule has 0 spiro atoms. The fourth-order valence-corrected chi connectivity index (χ4v) is 1.63. The van der Waals surface area contributed by atoms with E-state index in [1.54, 1.807) is 18.2 Å². The number of rotatable bonds is 3. The monoisotopic (exact) mass is 258 g/mol. The van der Waals surface area contributed by atoms with E-state index in [4.69, 9.17) is 15.6 Å². The number of aromatic hydroxyl groups is 1. The van der Waals surface area contributed by atoms with Crippen LogP contribution in [0.1, 0.15) is 10.4 Å². The number of nitrogen functional groups attached to an aromatic ring is 1. The lowest BCUT2D eigenvalue weighted by molar-refractivity contribution is 0.102. The molecule has 4 N–H and O–H groups in total. The number of phenols is 1. The maximum Gasteiger partial charge on any atom is 0.255 e. The van der Waals surface area contributed by atoms with Crippen molar-refractivity contribution in [1.82, 2.24) is 0 Å². The van der Waals surface area contributed by atoms with Crippen LogP contribution in [0.3, 0.4) is 0 Å². The van der Waals surface area contributed by atoms with Crippen LogP contribution in [0.25, 0.3) is 0 Å². The highest BCUT2D eigenvalue weighted by atomic mass is 16.5. The lowest BCUT2D eigenvalue weighted by atomic mass is 10.2. The van der Waals surface area contributed by atoms with Crippen LogP contribution in [0.15, 0.2) is 42.5 Å². The highest BCUT2D eigenvalue weighted by Gasteiger charge is 2.07. The summed E-state index contributed by atoms with van der Waals surface area (Å²) in [5, 5.41) is 11.9. The van der Waals surface area contributed by atoms with E-state index in [-0.39, 0.29) is 11.7 Å². The molecule has 98 valence electrons. The van der Waals surface area contributed by atoms with Gasteiger partial charge in [-0.2, -0.15) is 0 Å². The molecule has 0 unspecified atom stereocenters. The molecule has 0 saturated heterocycles. The van der Waals surface area contributed by atoms with E-state index in [1.807, 2.05) is 0 Å². The Hall–Kier alpha value is -2.69. The number of ether oxygens (including phenoxy) is 1. The second-order valence-electron chi connectivity index (χ2n) is 3.96. The van der Waals surface area contributed by atoms with Crippen LogP contribution in [0.2, 0.25) is 0 Å². The van der Waals surface area contributed by atoms with E-state index in [9.17, 15) is 4.79 Å². The molecule has 19 heavy (non-hydrogen) atoms. The molecule has 2 aromatic carbocycles. The van der Waals surface area contributed by atoms with Crippen molar-refractivity contribution in [3.8, 4) is 11.5 Å². The van der Waals surface area contributed by atoms with Crippen LogP contribution in [0.4, 0.5) is 11.4 Å². The number of phenolic OH excluding ortho intramolecular Hbond substituents is 1. The van der Waals surface area contributed by atoms with Crippen molar-refractivity contribution in [2.24, 2.45) is 0 Å². The van der Waals surface area contributed by atoms with E-state index in [1.165, 1.54) is 31.4 Å². The third-order valence-corrected chi connectivity index (χ3v) is 2.62. The first-order valence-electron chi connectivity index (χ1n) is 5.64. The normalized spacial score (nSPS) is 9.95. The zero-order valence-corrected chi connectivity index (χ0v) is 10.4. The number of benzene rings is 2. The molecular formula is C14H14N2O3. The summed E-state index contributed by atoms with van der Waals surface area (Å²) in [6.07, 6.45) is 0. The fourth-order valence-electron chi connectivity index (χ4n) is 1.63. The number of methoxy groups -OCH3 is 1. The van der Waals surface area contributed by atoms with E-state index in [2.05, 4.69) is 5.32 Å². The first-order chi connectivity index (χ1) is 9.10. The molecular weight excluding hydrogens is 244 g/mol. The molecule has 0 aliphatic carbocycles. The Labute approximate surface area is 110 Å². The topological polar surface area (TPSA) is 84.6 Å². The first kappa shape index (κ1) is 12.8. The average Bonchev–Trinajstić information content (AvgIpc) is 2.39. The van der Waals surface area contributed by atoms with Gasteiger partial charge in [-0.1, -0.05) is 0 Å². The molecule has 1 amide bonds. The van der Waals surface area contributed by atoms with Crippen molar-refractivity contribution in [2.45, 2.75) is 0 Å². The van der Waals surface area contributed by atoms with Gasteiger partial charge < -0.3 is 20.9 Å². The van der Waals surface area contributed by atoms with Crippen molar-refractivity contribution in [1.29, 1.82) is 0 Å². The summed E-state index contributed by atoms with van der Waals surface area (Å²) in [6.45, 7) is 0. The molecule has 2 rings (SSSR count). The number of amides is 1. The van der Waals surface area contributed by atoms with E-state index in [0.717, 1.165) is 0 Å². The summed E-state index contributed by atoms with van der Waals surface area (Å²) in [4.78, 5) is 11.9. The van der Waals surface area contributed by atoms with Gasteiger partial charge in [0.05, 0.1) is 12.8 Å². The standard InChI is InChI=1S/C14H14N2O3/c1-19-13-7-4-10(8-12(13)15)16-14(18)9-2-5-11(17)6-3-9/h2-8,17H,15H2,1H3,(H,16,18). The number of hydrogen-bond donors (Lipinski definition) is 3.